The summed E-state index contributed by atoms with van der Waals surface area (Å²) >= 11 is 0. The van der Waals surface area contributed by atoms with Crippen LogP contribution in [0, 0.1) is 0 Å². The number of anilines is 3. The van der Waals surface area contributed by atoms with E-state index in [1.54, 1.807) is 4.31 Å². The Labute approximate surface area is 157 Å². The van der Waals surface area contributed by atoms with Crippen LogP contribution in [-0.2, 0) is 10.2 Å². The van der Waals surface area contributed by atoms with Crippen LogP contribution < -0.4 is 8.61 Å². The van der Waals surface area contributed by atoms with Crippen LogP contribution in [0.1, 0.15) is 26.7 Å². The van der Waals surface area contributed by atoms with E-state index in [4.69, 9.17) is 0 Å². The third-order valence-corrected chi connectivity index (χ3v) is 6.37. The SMILES string of the molecule is CCCN(CCC)CCN1c2ccccc2N(c2ccccc2)S1(=O)=O. The second-order valence-electron chi connectivity index (χ2n) is 6.51. The van der Waals surface area contributed by atoms with E-state index in [2.05, 4.69) is 18.7 Å². The minimum atomic E-state index is -3.63. The van der Waals surface area contributed by atoms with Gasteiger partial charge < -0.3 is 4.90 Å². The van der Waals surface area contributed by atoms with Crippen molar-refractivity contribution < 1.29 is 8.42 Å². The Kier molecular flexibility index (Phi) is 5.84. The van der Waals surface area contributed by atoms with Crippen molar-refractivity contribution in [3.05, 3.63) is 54.6 Å². The van der Waals surface area contributed by atoms with Crippen LogP contribution in [0.15, 0.2) is 54.6 Å². The highest BCUT2D eigenvalue weighted by atomic mass is 32.2. The fourth-order valence-corrected chi connectivity index (χ4v) is 5.17. The molecule has 140 valence electrons. The zero-order valence-electron chi connectivity index (χ0n) is 15.5. The summed E-state index contributed by atoms with van der Waals surface area (Å²) in [6.07, 6.45) is 2.14. The standard InChI is InChI=1S/C20H27N3O2S/c1-3-14-21(15-4-2)16-17-22-19-12-8-9-13-20(19)23(26(22,24)25)18-10-6-5-7-11-18/h5-13H,3-4,14-17H2,1-2H3. The number of fused-ring (bicyclic) bond motifs is 1. The van der Waals surface area contributed by atoms with Crippen molar-refractivity contribution in [2.24, 2.45) is 0 Å². The number of rotatable bonds is 8. The second-order valence-corrected chi connectivity index (χ2v) is 8.21. The summed E-state index contributed by atoms with van der Waals surface area (Å²) in [7, 11) is -3.63. The van der Waals surface area contributed by atoms with Gasteiger partial charge in [-0.15, -0.1) is 0 Å². The molecule has 0 N–H and O–H groups in total. The fraction of sp³-hybridized carbons (Fsp3) is 0.400. The summed E-state index contributed by atoms with van der Waals surface area (Å²) in [5.41, 5.74) is 2.14. The topological polar surface area (TPSA) is 43.9 Å². The minimum absolute atomic E-state index is 0.461. The maximum atomic E-state index is 13.3. The zero-order valence-corrected chi connectivity index (χ0v) is 16.3. The molecule has 1 aliphatic heterocycles. The Balaban J connectivity index is 1.91. The fourth-order valence-electron chi connectivity index (χ4n) is 3.47. The second kappa shape index (κ2) is 8.10. The summed E-state index contributed by atoms with van der Waals surface area (Å²) < 4.78 is 29.6. The van der Waals surface area contributed by atoms with Gasteiger partial charge in [0.1, 0.15) is 0 Å². The van der Waals surface area contributed by atoms with Crippen molar-refractivity contribution >= 4 is 27.3 Å². The Bertz CT molecular complexity index is 818. The molecule has 0 bridgehead atoms. The van der Waals surface area contributed by atoms with Crippen LogP contribution in [-0.4, -0.2) is 39.5 Å². The Morgan fingerprint density at radius 1 is 0.808 bits per heavy atom. The van der Waals surface area contributed by atoms with E-state index in [1.807, 2.05) is 54.6 Å². The van der Waals surface area contributed by atoms with E-state index in [-0.39, 0.29) is 0 Å². The van der Waals surface area contributed by atoms with Gasteiger partial charge in [0.2, 0.25) is 0 Å². The molecular weight excluding hydrogens is 346 g/mol. The smallest absolute Gasteiger partial charge is 0.302 e. The molecule has 5 nitrogen and oxygen atoms in total. The van der Waals surface area contributed by atoms with E-state index >= 15 is 0 Å². The molecule has 6 heteroatoms. The first-order valence-electron chi connectivity index (χ1n) is 9.29. The summed E-state index contributed by atoms with van der Waals surface area (Å²) in [4.78, 5) is 2.34. The molecule has 0 spiro atoms. The average molecular weight is 374 g/mol. The van der Waals surface area contributed by atoms with Gasteiger partial charge >= 0.3 is 10.2 Å². The Hall–Kier alpha value is -2.05. The van der Waals surface area contributed by atoms with Crippen LogP contribution in [0.2, 0.25) is 0 Å². The molecule has 0 saturated carbocycles. The van der Waals surface area contributed by atoms with Gasteiger partial charge in [0.25, 0.3) is 0 Å². The quantitative estimate of drug-likeness (QED) is 0.702. The first kappa shape index (κ1) is 18.7. The molecule has 2 aromatic carbocycles. The van der Waals surface area contributed by atoms with Gasteiger partial charge in [-0.05, 0) is 50.2 Å². The van der Waals surface area contributed by atoms with Crippen LogP contribution >= 0.6 is 0 Å². The van der Waals surface area contributed by atoms with E-state index in [0.717, 1.165) is 43.9 Å². The minimum Gasteiger partial charge on any atom is -0.302 e. The van der Waals surface area contributed by atoms with Crippen molar-refractivity contribution in [2.45, 2.75) is 26.7 Å². The van der Waals surface area contributed by atoms with Crippen LogP contribution in [0.3, 0.4) is 0 Å². The summed E-state index contributed by atoms with van der Waals surface area (Å²) in [5, 5.41) is 0. The predicted octanol–water partition coefficient (Wildman–Crippen LogP) is 4.01. The highest BCUT2D eigenvalue weighted by Gasteiger charge is 2.40. The lowest BCUT2D eigenvalue weighted by Crippen LogP contribution is -2.41. The number of hydrogen-bond acceptors (Lipinski definition) is 3. The molecule has 0 amide bonds. The lowest BCUT2D eigenvalue weighted by molar-refractivity contribution is 0.283. The number of benzene rings is 2. The van der Waals surface area contributed by atoms with E-state index in [0.29, 0.717) is 12.2 Å². The monoisotopic (exact) mass is 373 g/mol. The highest BCUT2D eigenvalue weighted by molar-refractivity contribution is 7.95. The number of para-hydroxylation sites is 3. The first-order valence-corrected chi connectivity index (χ1v) is 10.7. The van der Waals surface area contributed by atoms with Crippen LogP contribution in [0.4, 0.5) is 17.1 Å². The van der Waals surface area contributed by atoms with Gasteiger partial charge in [0, 0.05) is 13.1 Å². The normalized spacial score (nSPS) is 15.5. The third-order valence-electron chi connectivity index (χ3n) is 4.57. The third kappa shape index (κ3) is 3.57. The lowest BCUT2D eigenvalue weighted by Gasteiger charge is -2.26. The lowest BCUT2D eigenvalue weighted by atomic mass is 10.2. The number of hydrogen-bond donors (Lipinski definition) is 0. The summed E-state index contributed by atoms with van der Waals surface area (Å²) in [6.45, 7) is 7.49. The van der Waals surface area contributed by atoms with Crippen molar-refractivity contribution in [3.8, 4) is 0 Å². The van der Waals surface area contributed by atoms with Gasteiger partial charge in [-0.1, -0.05) is 44.2 Å². The first-order chi connectivity index (χ1) is 12.6. The van der Waals surface area contributed by atoms with Crippen molar-refractivity contribution in [3.63, 3.8) is 0 Å². The van der Waals surface area contributed by atoms with Crippen molar-refractivity contribution in [1.82, 2.24) is 4.90 Å². The molecule has 0 atom stereocenters. The molecule has 2 aromatic rings. The molecular formula is C20H27N3O2S. The molecule has 1 heterocycles. The summed E-state index contributed by atoms with van der Waals surface area (Å²) in [5.74, 6) is 0. The molecule has 0 fully saturated rings. The van der Waals surface area contributed by atoms with Crippen LogP contribution in [0.5, 0.6) is 0 Å². The average Bonchev–Trinajstić information content (AvgIpc) is 2.87. The zero-order chi connectivity index (χ0) is 18.6. The number of nitrogens with zero attached hydrogens (tertiary/aromatic N) is 3. The van der Waals surface area contributed by atoms with Gasteiger partial charge in [0.05, 0.1) is 17.1 Å². The summed E-state index contributed by atoms with van der Waals surface area (Å²) in [6, 6.07) is 16.8. The van der Waals surface area contributed by atoms with Gasteiger partial charge in [-0.25, -0.2) is 8.61 Å². The molecule has 0 aromatic heterocycles. The van der Waals surface area contributed by atoms with Crippen molar-refractivity contribution in [1.29, 1.82) is 0 Å². The van der Waals surface area contributed by atoms with E-state index < -0.39 is 10.2 Å². The maximum Gasteiger partial charge on any atom is 0.331 e. The molecule has 0 aliphatic carbocycles. The molecule has 0 saturated heterocycles. The largest absolute Gasteiger partial charge is 0.331 e. The van der Waals surface area contributed by atoms with Crippen molar-refractivity contribution in [2.75, 3.05) is 34.8 Å². The molecule has 0 radical (unpaired) electrons. The molecule has 3 rings (SSSR count). The molecule has 26 heavy (non-hydrogen) atoms. The van der Waals surface area contributed by atoms with E-state index in [9.17, 15) is 8.42 Å². The Morgan fingerprint density at radius 2 is 1.38 bits per heavy atom. The van der Waals surface area contributed by atoms with E-state index in [1.165, 1.54) is 4.31 Å². The predicted molar refractivity (Wildman–Crippen MR) is 108 cm³/mol. The molecule has 1 aliphatic rings. The van der Waals surface area contributed by atoms with Crippen LogP contribution in [0.25, 0.3) is 0 Å². The maximum absolute atomic E-state index is 13.3. The van der Waals surface area contributed by atoms with Gasteiger partial charge in [-0.2, -0.15) is 8.42 Å². The Morgan fingerprint density at radius 3 is 2.00 bits per heavy atom. The highest BCUT2D eigenvalue weighted by Crippen LogP contribution is 2.44. The molecule has 0 unspecified atom stereocenters. The van der Waals surface area contributed by atoms with Gasteiger partial charge in [-0.3, -0.25) is 0 Å². The van der Waals surface area contributed by atoms with Gasteiger partial charge in [0.15, 0.2) is 0 Å².